The average molecular weight is 413 g/mol. The van der Waals surface area contributed by atoms with Gasteiger partial charge in [0, 0.05) is 37.4 Å². The molecular weight excluding hydrogens is 394 g/mol. The molecule has 2 aromatic heterocycles. The minimum absolute atomic E-state index is 0.0207. The molecule has 2 aromatic carbocycles. The molecule has 0 aliphatic carbocycles. The van der Waals surface area contributed by atoms with Crippen LogP contribution in [0.2, 0.25) is 0 Å². The number of benzene rings is 2. The summed E-state index contributed by atoms with van der Waals surface area (Å²) in [5.74, 6) is 0.550. The summed E-state index contributed by atoms with van der Waals surface area (Å²) in [5.41, 5.74) is 4.47. The number of hydrogen-bond acceptors (Lipinski definition) is 5. The maximum absolute atomic E-state index is 12.2. The van der Waals surface area contributed by atoms with Crippen molar-refractivity contribution < 1.29 is 14.1 Å². The highest BCUT2D eigenvalue weighted by Crippen LogP contribution is 2.31. The molecule has 0 saturated carbocycles. The predicted octanol–water partition coefficient (Wildman–Crippen LogP) is 5.29. The first-order chi connectivity index (χ1) is 14.9. The van der Waals surface area contributed by atoms with E-state index in [0.29, 0.717) is 22.7 Å². The molecule has 0 aliphatic heterocycles. The molecular formula is C24H19N3O4. The molecule has 0 fully saturated rings. The van der Waals surface area contributed by atoms with E-state index in [9.17, 15) is 14.9 Å². The summed E-state index contributed by atoms with van der Waals surface area (Å²) < 4.78 is 5.53. The number of hydrogen-bond donors (Lipinski definition) is 0. The van der Waals surface area contributed by atoms with Crippen molar-refractivity contribution in [3.05, 3.63) is 94.7 Å². The quantitative estimate of drug-likeness (QED) is 0.328. The third-order valence-electron chi connectivity index (χ3n) is 4.84. The van der Waals surface area contributed by atoms with Crippen LogP contribution in [0.25, 0.3) is 33.8 Å². The van der Waals surface area contributed by atoms with Crippen LogP contribution in [0.15, 0.2) is 83.5 Å². The van der Waals surface area contributed by atoms with Crippen molar-refractivity contribution in [1.29, 1.82) is 0 Å². The lowest BCUT2D eigenvalue weighted by Gasteiger charge is -2.12. The summed E-state index contributed by atoms with van der Waals surface area (Å²) >= 11 is 0. The first kappa shape index (κ1) is 20.0. The molecule has 0 atom stereocenters. The Morgan fingerprint density at radius 2 is 1.55 bits per heavy atom. The number of carbonyl (C=O) groups is 1. The van der Waals surface area contributed by atoms with Crippen molar-refractivity contribution >= 4 is 11.6 Å². The van der Waals surface area contributed by atoms with Gasteiger partial charge in [-0.05, 0) is 59.7 Å². The number of amides is 1. The second-order valence-electron chi connectivity index (χ2n) is 7.18. The van der Waals surface area contributed by atoms with Gasteiger partial charge in [0.05, 0.1) is 16.9 Å². The fraction of sp³-hybridized carbons (Fsp3) is 0.0833. The second kappa shape index (κ2) is 8.23. The van der Waals surface area contributed by atoms with E-state index in [2.05, 4.69) is 0 Å². The molecule has 0 radical (unpaired) electrons. The fourth-order valence-electron chi connectivity index (χ4n) is 3.21. The topological polar surface area (TPSA) is 89.5 Å². The Hall–Kier alpha value is -4.26. The van der Waals surface area contributed by atoms with Crippen LogP contribution in [0.4, 0.5) is 5.69 Å². The van der Waals surface area contributed by atoms with Gasteiger partial charge in [-0.1, -0.05) is 12.1 Å². The van der Waals surface area contributed by atoms with Crippen molar-refractivity contribution in [3.8, 4) is 33.8 Å². The van der Waals surface area contributed by atoms with Gasteiger partial charge in [-0.15, -0.1) is 0 Å². The molecule has 0 spiro atoms. The van der Waals surface area contributed by atoms with Crippen LogP contribution in [0.3, 0.4) is 0 Å². The van der Waals surface area contributed by atoms with Crippen LogP contribution in [-0.2, 0) is 0 Å². The van der Waals surface area contributed by atoms with Crippen LogP contribution in [0.1, 0.15) is 10.4 Å². The van der Waals surface area contributed by atoms with E-state index >= 15 is 0 Å². The van der Waals surface area contributed by atoms with Crippen molar-refractivity contribution in [2.45, 2.75) is 0 Å². The minimum Gasteiger partial charge on any atom is -0.463 e. The molecule has 4 rings (SSSR count). The lowest BCUT2D eigenvalue weighted by molar-refractivity contribution is -0.384. The number of nitro benzene ring substituents is 1. The lowest BCUT2D eigenvalue weighted by atomic mass is 10.00. The summed E-state index contributed by atoms with van der Waals surface area (Å²) in [6.07, 6.45) is 1.58. The smallest absolute Gasteiger partial charge is 0.269 e. The Bertz CT molecular complexity index is 1230. The zero-order valence-electron chi connectivity index (χ0n) is 17.0. The van der Waals surface area contributed by atoms with Gasteiger partial charge >= 0.3 is 0 Å². The van der Waals surface area contributed by atoms with E-state index in [1.165, 1.54) is 17.0 Å². The molecule has 7 heteroatoms. The number of non-ortho nitro benzene ring substituents is 1. The lowest BCUT2D eigenvalue weighted by Crippen LogP contribution is -2.21. The summed E-state index contributed by atoms with van der Waals surface area (Å²) in [6, 6.07) is 21.1. The zero-order valence-corrected chi connectivity index (χ0v) is 17.0. The molecule has 0 aliphatic rings. The summed E-state index contributed by atoms with van der Waals surface area (Å²) in [6.45, 7) is 0. The SMILES string of the molecule is CN(C)C(=O)c1ccc(-c2cc(-c3ccc([N+](=O)[O-])cc3)nc(-c3ccco3)c2)cc1. The van der Waals surface area contributed by atoms with Crippen molar-refractivity contribution in [3.63, 3.8) is 0 Å². The van der Waals surface area contributed by atoms with Crippen LogP contribution in [-0.4, -0.2) is 34.8 Å². The first-order valence-corrected chi connectivity index (χ1v) is 9.55. The van der Waals surface area contributed by atoms with E-state index in [-0.39, 0.29) is 11.6 Å². The van der Waals surface area contributed by atoms with Crippen LogP contribution in [0.5, 0.6) is 0 Å². The highest BCUT2D eigenvalue weighted by atomic mass is 16.6. The van der Waals surface area contributed by atoms with Gasteiger partial charge in [-0.3, -0.25) is 14.9 Å². The maximum atomic E-state index is 12.2. The van der Waals surface area contributed by atoms with Crippen molar-refractivity contribution in [2.24, 2.45) is 0 Å². The largest absolute Gasteiger partial charge is 0.463 e. The predicted molar refractivity (Wildman–Crippen MR) is 117 cm³/mol. The summed E-state index contributed by atoms with van der Waals surface area (Å²) in [7, 11) is 3.43. The Kier molecular flexibility index (Phi) is 5.32. The highest BCUT2D eigenvalue weighted by Gasteiger charge is 2.13. The Morgan fingerprint density at radius 3 is 2.13 bits per heavy atom. The molecule has 0 N–H and O–H groups in total. The monoisotopic (exact) mass is 413 g/mol. The molecule has 4 aromatic rings. The summed E-state index contributed by atoms with van der Waals surface area (Å²) in [5, 5.41) is 11.0. The maximum Gasteiger partial charge on any atom is 0.269 e. The zero-order chi connectivity index (χ0) is 22.0. The van der Waals surface area contributed by atoms with E-state index in [1.807, 2.05) is 30.3 Å². The normalized spacial score (nSPS) is 10.6. The fourth-order valence-corrected chi connectivity index (χ4v) is 3.21. The van der Waals surface area contributed by atoms with E-state index in [1.54, 1.807) is 50.7 Å². The van der Waals surface area contributed by atoms with Gasteiger partial charge in [0.1, 0.15) is 5.69 Å². The number of rotatable bonds is 5. The average Bonchev–Trinajstić information content (AvgIpc) is 3.33. The number of nitro groups is 1. The number of furan rings is 1. The van der Waals surface area contributed by atoms with E-state index in [0.717, 1.165) is 16.7 Å². The standard InChI is InChI=1S/C24H19N3O4/c1-26(2)24(28)18-7-5-16(6-8-18)19-14-21(17-9-11-20(12-10-17)27(29)30)25-22(15-19)23-4-3-13-31-23/h3-15H,1-2H3. The highest BCUT2D eigenvalue weighted by molar-refractivity contribution is 5.94. The molecule has 154 valence electrons. The van der Waals surface area contributed by atoms with Gasteiger partial charge in [0.25, 0.3) is 11.6 Å². The third-order valence-corrected chi connectivity index (χ3v) is 4.84. The Balaban J connectivity index is 1.79. The number of pyridine rings is 1. The van der Waals surface area contributed by atoms with Crippen molar-refractivity contribution in [1.82, 2.24) is 9.88 Å². The third kappa shape index (κ3) is 4.20. The van der Waals surface area contributed by atoms with E-state index < -0.39 is 4.92 Å². The summed E-state index contributed by atoms with van der Waals surface area (Å²) in [4.78, 5) is 28.9. The molecule has 31 heavy (non-hydrogen) atoms. The Morgan fingerprint density at radius 1 is 0.903 bits per heavy atom. The van der Waals surface area contributed by atoms with Gasteiger partial charge in [-0.2, -0.15) is 0 Å². The number of aromatic nitrogens is 1. The van der Waals surface area contributed by atoms with Crippen LogP contribution < -0.4 is 0 Å². The van der Waals surface area contributed by atoms with E-state index in [4.69, 9.17) is 9.40 Å². The molecule has 0 saturated heterocycles. The molecule has 0 unspecified atom stereocenters. The van der Waals surface area contributed by atoms with Crippen molar-refractivity contribution in [2.75, 3.05) is 14.1 Å². The molecule has 1 amide bonds. The van der Waals surface area contributed by atoms with Gasteiger partial charge in [0.15, 0.2) is 5.76 Å². The van der Waals surface area contributed by atoms with Gasteiger partial charge in [-0.25, -0.2) is 4.98 Å². The molecule has 7 nitrogen and oxygen atoms in total. The van der Waals surface area contributed by atoms with Gasteiger partial charge < -0.3 is 9.32 Å². The number of nitrogens with zero attached hydrogens (tertiary/aromatic N) is 3. The van der Waals surface area contributed by atoms with Crippen LogP contribution >= 0.6 is 0 Å². The molecule has 0 bridgehead atoms. The Labute approximate surface area is 178 Å². The second-order valence-corrected chi connectivity index (χ2v) is 7.18. The van der Waals surface area contributed by atoms with Gasteiger partial charge in [0.2, 0.25) is 0 Å². The first-order valence-electron chi connectivity index (χ1n) is 9.55. The molecule has 2 heterocycles. The number of carbonyl (C=O) groups excluding carboxylic acids is 1. The van der Waals surface area contributed by atoms with Crippen LogP contribution in [0, 0.1) is 10.1 Å². The minimum atomic E-state index is -0.432.